The molecule has 0 saturated carbocycles. The average Bonchev–Trinajstić information content (AvgIpc) is 2.75. The molecule has 0 spiro atoms. The number of nitrogens with one attached hydrogen (secondary N) is 2. The van der Waals surface area contributed by atoms with Crippen LogP contribution in [0.5, 0.6) is 0 Å². The van der Waals surface area contributed by atoms with Gasteiger partial charge in [0.15, 0.2) is 0 Å². The van der Waals surface area contributed by atoms with Gasteiger partial charge in [0.25, 0.3) is 10.2 Å². The van der Waals surface area contributed by atoms with E-state index in [0.717, 1.165) is 19.4 Å². The Hall–Kier alpha value is 0.0800. The van der Waals surface area contributed by atoms with Crippen molar-refractivity contribution >= 4 is 22.6 Å². The molecule has 0 aliphatic carbocycles. The first-order valence-electron chi connectivity index (χ1n) is 6.76. The number of hydrogen-bond donors (Lipinski definition) is 2. The second-order valence-corrected chi connectivity index (χ2v) is 7.61. The second-order valence-electron chi connectivity index (χ2n) is 5.74. The minimum Gasteiger partial charge on any atom is -0.383 e. The highest BCUT2D eigenvalue weighted by atomic mass is 35.5. The first kappa shape index (κ1) is 20.1. The Balaban J connectivity index is 0.00000361. The van der Waals surface area contributed by atoms with Crippen LogP contribution in [0.1, 0.15) is 26.7 Å². The van der Waals surface area contributed by atoms with Crippen molar-refractivity contribution in [3.63, 3.8) is 0 Å². The van der Waals surface area contributed by atoms with E-state index >= 15 is 0 Å². The van der Waals surface area contributed by atoms with Crippen molar-refractivity contribution in [2.24, 2.45) is 5.92 Å². The molecule has 0 amide bonds. The maximum atomic E-state index is 12.1. The van der Waals surface area contributed by atoms with Gasteiger partial charge in [-0.2, -0.15) is 12.7 Å². The molecule has 1 saturated heterocycles. The number of methoxy groups -OCH3 is 1. The zero-order valence-electron chi connectivity index (χ0n) is 12.8. The summed E-state index contributed by atoms with van der Waals surface area (Å²) < 4.78 is 33.5. The van der Waals surface area contributed by atoms with Gasteiger partial charge >= 0.3 is 0 Å². The van der Waals surface area contributed by atoms with E-state index in [1.807, 2.05) is 13.8 Å². The summed E-state index contributed by atoms with van der Waals surface area (Å²) in [5.41, 5.74) is -0.263. The third-order valence-electron chi connectivity index (χ3n) is 3.38. The summed E-state index contributed by atoms with van der Waals surface area (Å²) in [5.74, 6) is 0.305. The molecule has 1 aliphatic rings. The van der Waals surface area contributed by atoms with Crippen LogP contribution in [0.3, 0.4) is 0 Å². The Morgan fingerprint density at radius 1 is 1.45 bits per heavy atom. The minimum absolute atomic E-state index is 0. The molecular formula is C12H28ClN3O3S. The Morgan fingerprint density at radius 2 is 2.10 bits per heavy atom. The maximum absolute atomic E-state index is 12.1. The van der Waals surface area contributed by atoms with Gasteiger partial charge in [-0.25, -0.2) is 4.72 Å². The Labute approximate surface area is 129 Å². The average molecular weight is 330 g/mol. The first-order chi connectivity index (χ1) is 8.81. The number of hydrogen-bond acceptors (Lipinski definition) is 4. The Kier molecular flexibility index (Phi) is 8.54. The van der Waals surface area contributed by atoms with Gasteiger partial charge in [0.05, 0.1) is 12.1 Å². The molecule has 1 unspecified atom stereocenters. The van der Waals surface area contributed by atoms with Gasteiger partial charge in [0.2, 0.25) is 0 Å². The van der Waals surface area contributed by atoms with Crippen molar-refractivity contribution in [3.05, 3.63) is 0 Å². The summed E-state index contributed by atoms with van der Waals surface area (Å²) in [5, 5.41) is 3.35. The molecule has 1 rings (SSSR count). The molecule has 122 valence electrons. The zero-order chi connectivity index (χ0) is 14.5. The molecule has 0 radical (unpaired) electrons. The van der Waals surface area contributed by atoms with Crippen LogP contribution in [0.25, 0.3) is 0 Å². The molecule has 0 aromatic rings. The molecule has 6 nitrogen and oxygen atoms in total. The van der Waals surface area contributed by atoms with Crippen molar-refractivity contribution in [2.75, 3.05) is 40.4 Å². The van der Waals surface area contributed by atoms with Gasteiger partial charge in [0.1, 0.15) is 0 Å². The number of rotatable bonds is 8. The van der Waals surface area contributed by atoms with Crippen LogP contribution in [0.4, 0.5) is 0 Å². The minimum atomic E-state index is -3.41. The van der Waals surface area contributed by atoms with Crippen molar-refractivity contribution in [1.82, 2.24) is 14.3 Å². The quantitative estimate of drug-likeness (QED) is 0.684. The van der Waals surface area contributed by atoms with Crippen molar-refractivity contribution in [1.29, 1.82) is 0 Å². The van der Waals surface area contributed by atoms with Gasteiger partial charge in [0, 0.05) is 27.2 Å². The standard InChI is InChI=1S/C12H27N3O3S.ClH/c1-11(2)8-15(3)19(16,17)14-9-12(10-18-4)6-5-7-13-12;/h11,13-14H,5-10H2,1-4H3;1H. The predicted octanol–water partition coefficient (Wildman–Crippen LogP) is 0.599. The molecule has 1 atom stereocenters. The molecule has 0 bridgehead atoms. The summed E-state index contributed by atoms with van der Waals surface area (Å²) in [6, 6.07) is 0. The van der Waals surface area contributed by atoms with Gasteiger partial charge < -0.3 is 10.1 Å². The number of ether oxygens (including phenoxy) is 1. The molecule has 1 heterocycles. The smallest absolute Gasteiger partial charge is 0.279 e. The third kappa shape index (κ3) is 5.83. The van der Waals surface area contributed by atoms with E-state index in [4.69, 9.17) is 4.74 Å². The molecular weight excluding hydrogens is 302 g/mol. The summed E-state index contributed by atoms with van der Waals surface area (Å²) in [4.78, 5) is 0. The normalized spacial score (nSPS) is 23.3. The summed E-state index contributed by atoms with van der Waals surface area (Å²) in [7, 11) is -0.167. The predicted molar refractivity (Wildman–Crippen MR) is 83.5 cm³/mol. The van der Waals surface area contributed by atoms with Gasteiger partial charge in [-0.1, -0.05) is 13.8 Å². The SMILES string of the molecule is COCC1(CNS(=O)(=O)N(C)CC(C)C)CCCN1.Cl. The van der Waals surface area contributed by atoms with Crippen molar-refractivity contribution in [3.8, 4) is 0 Å². The summed E-state index contributed by atoms with van der Waals surface area (Å²) in [6.45, 7) is 6.30. The van der Waals surface area contributed by atoms with Crippen LogP contribution in [-0.2, 0) is 14.9 Å². The van der Waals surface area contributed by atoms with E-state index in [9.17, 15) is 8.42 Å². The van der Waals surface area contributed by atoms with Crippen LogP contribution in [0.15, 0.2) is 0 Å². The lowest BCUT2D eigenvalue weighted by Crippen LogP contribution is -2.54. The molecule has 0 aromatic carbocycles. The summed E-state index contributed by atoms with van der Waals surface area (Å²) >= 11 is 0. The fourth-order valence-electron chi connectivity index (χ4n) is 2.42. The highest BCUT2D eigenvalue weighted by molar-refractivity contribution is 7.87. The highest BCUT2D eigenvalue weighted by Crippen LogP contribution is 2.19. The molecule has 1 fully saturated rings. The second kappa shape index (κ2) is 8.51. The van der Waals surface area contributed by atoms with Crippen LogP contribution in [-0.4, -0.2) is 58.7 Å². The molecule has 20 heavy (non-hydrogen) atoms. The van der Waals surface area contributed by atoms with Crippen LogP contribution in [0, 0.1) is 5.92 Å². The fourth-order valence-corrected chi connectivity index (χ4v) is 3.60. The Bertz CT molecular complexity index is 370. The number of nitrogens with zero attached hydrogens (tertiary/aromatic N) is 1. The maximum Gasteiger partial charge on any atom is 0.279 e. The van der Waals surface area contributed by atoms with Crippen LogP contribution < -0.4 is 10.0 Å². The van der Waals surface area contributed by atoms with Crippen molar-refractivity contribution in [2.45, 2.75) is 32.2 Å². The van der Waals surface area contributed by atoms with Crippen LogP contribution >= 0.6 is 12.4 Å². The lowest BCUT2D eigenvalue weighted by atomic mass is 9.99. The van der Waals surface area contributed by atoms with Gasteiger partial charge in [-0.15, -0.1) is 12.4 Å². The van der Waals surface area contributed by atoms with E-state index in [1.54, 1.807) is 14.2 Å². The summed E-state index contributed by atoms with van der Waals surface area (Å²) in [6.07, 6.45) is 1.98. The third-order valence-corrected chi connectivity index (χ3v) is 4.86. The molecule has 8 heteroatoms. The zero-order valence-corrected chi connectivity index (χ0v) is 14.4. The van der Waals surface area contributed by atoms with Gasteiger partial charge in [-0.3, -0.25) is 0 Å². The topological polar surface area (TPSA) is 70.7 Å². The number of halogens is 1. The Morgan fingerprint density at radius 3 is 2.55 bits per heavy atom. The fraction of sp³-hybridized carbons (Fsp3) is 1.00. The molecule has 1 aliphatic heterocycles. The monoisotopic (exact) mass is 329 g/mol. The highest BCUT2D eigenvalue weighted by Gasteiger charge is 2.35. The van der Waals surface area contributed by atoms with Crippen molar-refractivity contribution < 1.29 is 13.2 Å². The lowest BCUT2D eigenvalue weighted by Gasteiger charge is -2.30. The first-order valence-corrected chi connectivity index (χ1v) is 8.20. The van der Waals surface area contributed by atoms with E-state index in [-0.39, 0.29) is 17.9 Å². The largest absolute Gasteiger partial charge is 0.383 e. The molecule has 2 N–H and O–H groups in total. The molecule has 0 aromatic heterocycles. The van der Waals surface area contributed by atoms with E-state index in [1.165, 1.54) is 4.31 Å². The van der Waals surface area contributed by atoms with Crippen LogP contribution in [0.2, 0.25) is 0 Å². The van der Waals surface area contributed by atoms with Gasteiger partial charge in [-0.05, 0) is 25.3 Å². The lowest BCUT2D eigenvalue weighted by molar-refractivity contribution is 0.122. The van der Waals surface area contributed by atoms with E-state index in [2.05, 4.69) is 10.0 Å². The van der Waals surface area contributed by atoms with E-state index in [0.29, 0.717) is 25.6 Å². The van der Waals surface area contributed by atoms with E-state index < -0.39 is 10.2 Å².